The molecule has 0 atom stereocenters. The number of fused-ring (bicyclic) bond motifs is 3. The molecule has 2 aromatic rings. The van der Waals surface area contributed by atoms with Crippen molar-refractivity contribution in [1.82, 2.24) is 0 Å². The highest BCUT2D eigenvalue weighted by Gasteiger charge is 2.38. The fourth-order valence-electron chi connectivity index (χ4n) is 2.74. The third kappa shape index (κ3) is 1.02. The Morgan fingerprint density at radius 3 is 2.53 bits per heavy atom. The first-order chi connectivity index (χ1) is 7.21. The first-order valence-corrected chi connectivity index (χ1v) is 5.55. The van der Waals surface area contributed by atoms with Crippen molar-refractivity contribution in [3.8, 4) is 11.3 Å². The van der Waals surface area contributed by atoms with Crippen LogP contribution in [0.3, 0.4) is 0 Å². The maximum Gasteiger partial charge on any atom is 0.301 e. The highest BCUT2D eigenvalue weighted by atomic mass is 14.9. The Labute approximate surface area is 90.3 Å². The van der Waals surface area contributed by atoms with Gasteiger partial charge in [0.25, 0.3) is 0 Å². The van der Waals surface area contributed by atoms with Gasteiger partial charge < -0.3 is 4.48 Å². The van der Waals surface area contributed by atoms with E-state index in [2.05, 4.69) is 66.8 Å². The SMILES string of the molecule is C[B-]1(C)c2ccccc2-c2cccc[n+]21. The van der Waals surface area contributed by atoms with Crippen LogP contribution in [0.15, 0.2) is 48.7 Å². The van der Waals surface area contributed by atoms with Gasteiger partial charge in [-0.2, -0.15) is 0 Å². The predicted octanol–water partition coefficient (Wildman–Crippen LogP) is 1.91. The van der Waals surface area contributed by atoms with Gasteiger partial charge in [0.15, 0.2) is 5.69 Å². The Morgan fingerprint density at radius 1 is 0.933 bits per heavy atom. The van der Waals surface area contributed by atoms with Crippen LogP contribution in [0.2, 0.25) is 13.6 Å². The lowest BCUT2D eigenvalue weighted by Crippen LogP contribution is -2.64. The summed E-state index contributed by atoms with van der Waals surface area (Å²) in [6.45, 7) is 4.66. The molecule has 2 heterocycles. The van der Waals surface area contributed by atoms with Crippen LogP contribution in [0.25, 0.3) is 11.3 Å². The molecule has 2 heteroatoms. The van der Waals surface area contributed by atoms with Gasteiger partial charge in [0.05, 0.1) is 0 Å². The van der Waals surface area contributed by atoms with E-state index >= 15 is 0 Å². The van der Waals surface area contributed by atoms with Gasteiger partial charge in [-0.1, -0.05) is 30.3 Å². The molecule has 15 heavy (non-hydrogen) atoms. The maximum atomic E-state index is 2.41. The van der Waals surface area contributed by atoms with E-state index in [-0.39, 0.29) is 0 Å². The molecule has 0 saturated carbocycles. The molecule has 0 spiro atoms. The van der Waals surface area contributed by atoms with Gasteiger partial charge in [-0.3, -0.25) is 0 Å². The number of benzene rings is 1. The normalized spacial score (nSPS) is 15.9. The molecular formula is C13H14BN. The Morgan fingerprint density at radius 2 is 1.67 bits per heavy atom. The second-order valence-corrected chi connectivity index (χ2v) is 4.88. The number of rotatable bonds is 0. The highest BCUT2D eigenvalue weighted by Crippen LogP contribution is 2.22. The fraction of sp³-hybridized carbons (Fsp3) is 0.154. The average Bonchev–Trinajstić information content (AvgIpc) is 2.51. The van der Waals surface area contributed by atoms with Gasteiger partial charge in [-0.05, 0) is 6.07 Å². The van der Waals surface area contributed by atoms with Crippen molar-refractivity contribution in [2.45, 2.75) is 13.6 Å². The van der Waals surface area contributed by atoms with E-state index in [1.165, 1.54) is 16.7 Å². The van der Waals surface area contributed by atoms with Crippen LogP contribution in [0.1, 0.15) is 0 Å². The van der Waals surface area contributed by atoms with E-state index in [0.29, 0.717) is 0 Å². The van der Waals surface area contributed by atoms with Crippen molar-refractivity contribution >= 4 is 11.7 Å². The van der Waals surface area contributed by atoms with Crippen molar-refractivity contribution < 1.29 is 4.48 Å². The van der Waals surface area contributed by atoms with E-state index in [0.717, 1.165) is 0 Å². The molecule has 1 aromatic heterocycles. The third-order valence-corrected chi connectivity index (χ3v) is 3.58. The average molecular weight is 195 g/mol. The minimum atomic E-state index is -0.617. The van der Waals surface area contributed by atoms with E-state index in [4.69, 9.17) is 0 Å². The summed E-state index contributed by atoms with van der Waals surface area (Å²) in [5, 5.41) is 0. The predicted molar refractivity (Wildman–Crippen MR) is 64.6 cm³/mol. The summed E-state index contributed by atoms with van der Waals surface area (Å²) in [7, 11) is 0. The van der Waals surface area contributed by atoms with E-state index < -0.39 is 6.28 Å². The molecule has 1 nitrogen and oxygen atoms in total. The zero-order valence-corrected chi connectivity index (χ0v) is 9.14. The summed E-state index contributed by atoms with van der Waals surface area (Å²) in [6, 6.07) is 15.1. The molecule has 1 aliphatic rings. The van der Waals surface area contributed by atoms with Gasteiger partial charge in [0, 0.05) is 11.6 Å². The van der Waals surface area contributed by atoms with Crippen LogP contribution in [-0.4, -0.2) is 6.28 Å². The Kier molecular flexibility index (Phi) is 1.58. The first kappa shape index (κ1) is 8.72. The van der Waals surface area contributed by atoms with Crippen molar-refractivity contribution in [3.63, 3.8) is 0 Å². The monoisotopic (exact) mass is 195 g/mol. The van der Waals surface area contributed by atoms with Crippen LogP contribution in [0.5, 0.6) is 0 Å². The smallest absolute Gasteiger partial charge is 0.301 e. The summed E-state index contributed by atoms with van der Waals surface area (Å²) in [4.78, 5) is 0. The topological polar surface area (TPSA) is 3.88 Å². The number of hydrogen-bond acceptors (Lipinski definition) is 0. The second kappa shape index (κ2) is 2.72. The summed E-state index contributed by atoms with van der Waals surface area (Å²) in [5.41, 5.74) is 4.21. The van der Waals surface area contributed by atoms with Gasteiger partial charge >= 0.3 is 6.28 Å². The van der Waals surface area contributed by atoms with Crippen molar-refractivity contribution in [3.05, 3.63) is 48.7 Å². The van der Waals surface area contributed by atoms with Crippen molar-refractivity contribution in [2.75, 3.05) is 0 Å². The van der Waals surface area contributed by atoms with Crippen molar-refractivity contribution in [2.24, 2.45) is 0 Å². The van der Waals surface area contributed by atoms with Crippen LogP contribution < -0.4 is 9.94 Å². The molecule has 74 valence electrons. The second-order valence-electron chi connectivity index (χ2n) is 4.88. The zero-order valence-electron chi connectivity index (χ0n) is 9.14. The third-order valence-electron chi connectivity index (χ3n) is 3.58. The van der Waals surface area contributed by atoms with Gasteiger partial charge in [0.1, 0.15) is 6.20 Å². The summed E-state index contributed by atoms with van der Waals surface area (Å²) in [6.07, 6.45) is 1.57. The number of aromatic nitrogens is 1. The minimum Gasteiger partial charge on any atom is -0.416 e. The number of pyridine rings is 1. The molecule has 0 aliphatic carbocycles. The first-order valence-electron chi connectivity index (χ1n) is 5.55. The Balaban J connectivity index is 2.42. The summed E-state index contributed by atoms with van der Waals surface area (Å²) < 4.78 is 2.41. The molecular weight excluding hydrogens is 181 g/mol. The summed E-state index contributed by atoms with van der Waals surface area (Å²) >= 11 is 0. The molecule has 0 bridgehead atoms. The highest BCUT2D eigenvalue weighted by molar-refractivity contribution is 6.84. The molecule has 1 aliphatic heterocycles. The molecule has 3 rings (SSSR count). The lowest BCUT2D eigenvalue weighted by molar-refractivity contribution is -0.528. The van der Waals surface area contributed by atoms with Gasteiger partial charge in [-0.15, -0.1) is 19.1 Å². The Bertz CT molecular complexity index is 484. The molecule has 1 aromatic carbocycles. The standard InChI is InChI=1S/C13H14BN/c1-14(2)12-8-4-3-7-11(12)13-9-5-6-10-15(13)14/h3-10H,1-2H3. The van der Waals surface area contributed by atoms with E-state index in [1.54, 1.807) is 0 Å². The molecule has 0 fully saturated rings. The van der Waals surface area contributed by atoms with Crippen LogP contribution in [0.4, 0.5) is 0 Å². The molecule has 0 N–H and O–H groups in total. The van der Waals surface area contributed by atoms with Gasteiger partial charge in [-0.25, -0.2) is 0 Å². The minimum absolute atomic E-state index is 0.617. The molecule has 0 saturated heterocycles. The maximum absolute atomic E-state index is 2.41. The summed E-state index contributed by atoms with van der Waals surface area (Å²) in [5.74, 6) is 0. The van der Waals surface area contributed by atoms with Crippen molar-refractivity contribution in [1.29, 1.82) is 0 Å². The molecule has 0 radical (unpaired) electrons. The fourth-order valence-corrected chi connectivity index (χ4v) is 2.74. The Hall–Kier alpha value is -1.57. The van der Waals surface area contributed by atoms with E-state index in [9.17, 15) is 0 Å². The van der Waals surface area contributed by atoms with Crippen LogP contribution in [0, 0.1) is 0 Å². The van der Waals surface area contributed by atoms with Crippen LogP contribution >= 0.6 is 0 Å². The van der Waals surface area contributed by atoms with Crippen LogP contribution in [-0.2, 0) is 0 Å². The van der Waals surface area contributed by atoms with Gasteiger partial charge in [0.2, 0.25) is 0 Å². The zero-order chi connectivity index (χ0) is 10.5. The lowest BCUT2D eigenvalue weighted by Gasteiger charge is -2.19. The number of nitrogens with zero attached hydrogens (tertiary/aromatic N) is 1. The lowest BCUT2D eigenvalue weighted by atomic mass is 9.35. The molecule has 0 amide bonds. The quantitative estimate of drug-likeness (QED) is 0.565. The largest absolute Gasteiger partial charge is 0.416 e. The van der Waals surface area contributed by atoms with E-state index in [1.807, 2.05) is 0 Å². The number of hydrogen-bond donors (Lipinski definition) is 0. The molecule has 0 unspecified atom stereocenters.